The van der Waals surface area contributed by atoms with Gasteiger partial charge in [0.25, 0.3) is 0 Å². The van der Waals surface area contributed by atoms with Crippen LogP contribution in [0.2, 0.25) is 10.0 Å². The molecule has 11 nitrogen and oxygen atoms in total. The summed E-state index contributed by atoms with van der Waals surface area (Å²) in [4.78, 5) is 32.5. The minimum absolute atomic E-state index is 0.0722. The van der Waals surface area contributed by atoms with Crippen molar-refractivity contribution < 1.29 is 4.79 Å². The molecule has 6 rings (SSSR count). The summed E-state index contributed by atoms with van der Waals surface area (Å²) in [5.74, 6) is 2.02. The van der Waals surface area contributed by atoms with E-state index in [0.29, 0.717) is 71.9 Å². The van der Waals surface area contributed by atoms with Gasteiger partial charge in [0.15, 0.2) is 22.8 Å². The zero-order valence-electron chi connectivity index (χ0n) is 21.1. The number of nitrogens with zero attached hydrogens (tertiary/aromatic N) is 10. The predicted octanol–water partition coefficient (Wildman–Crippen LogP) is 3.59. The van der Waals surface area contributed by atoms with Gasteiger partial charge in [0.2, 0.25) is 5.91 Å². The van der Waals surface area contributed by atoms with E-state index in [4.69, 9.17) is 28.2 Å². The van der Waals surface area contributed by atoms with Gasteiger partial charge < -0.3 is 9.80 Å². The van der Waals surface area contributed by atoms with Crippen molar-refractivity contribution in [1.82, 2.24) is 44.6 Å². The van der Waals surface area contributed by atoms with Gasteiger partial charge in [0.1, 0.15) is 12.2 Å². The number of halogens is 2. The molecule has 3 aromatic heterocycles. The molecule has 0 atom stereocenters. The number of aryl methyl sites for hydroxylation is 2. The van der Waals surface area contributed by atoms with E-state index in [2.05, 4.69) is 30.3 Å². The SMILES string of the molecule is Cn1nnc(CCC(=O)N2CCN(c3ncnc4c3nc(-c3ccccc3Cl)n4-c3ccc(Cl)cc3)CC2)n1. The van der Waals surface area contributed by atoms with E-state index in [9.17, 15) is 4.79 Å². The summed E-state index contributed by atoms with van der Waals surface area (Å²) < 4.78 is 1.97. The number of hydrogen-bond donors (Lipinski definition) is 0. The van der Waals surface area contributed by atoms with Gasteiger partial charge in [-0.15, -0.1) is 10.2 Å². The van der Waals surface area contributed by atoms with Crippen molar-refractivity contribution in [2.24, 2.45) is 7.05 Å². The van der Waals surface area contributed by atoms with Crippen LogP contribution in [0.25, 0.3) is 28.2 Å². The first-order valence-corrected chi connectivity index (χ1v) is 13.2. The lowest BCUT2D eigenvalue weighted by atomic mass is 10.2. The molecule has 1 fully saturated rings. The summed E-state index contributed by atoms with van der Waals surface area (Å²) >= 11 is 12.8. The Balaban J connectivity index is 1.29. The molecule has 1 amide bonds. The van der Waals surface area contributed by atoms with Crippen molar-refractivity contribution in [3.63, 3.8) is 0 Å². The molecule has 39 heavy (non-hydrogen) atoms. The third kappa shape index (κ3) is 5.02. The van der Waals surface area contributed by atoms with Crippen LogP contribution in [0.1, 0.15) is 12.2 Å². The van der Waals surface area contributed by atoms with Crippen LogP contribution in [0.4, 0.5) is 5.82 Å². The Kier molecular flexibility index (Phi) is 6.84. The highest BCUT2D eigenvalue weighted by Gasteiger charge is 2.26. The number of tetrazole rings is 1. The molecule has 0 saturated carbocycles. The Hall–Kier alpha value is -4.09. The van der Waals surface area contributed by atoms with E-state index < -0.39 is 0 Å². The molecular formula is C26H24Cl2N10O. The molecule has 0 radical (unpaired) electrons. The summed E-state index contributed by atoms with van der Waals surface area (Å²) in [5, 5.41) is 13.2. The second-order valence-corrected chi connectivity index (χ2v) is 10.0. The average Bonchev–Trinajstić information content (AvgIpc) is 3.56. The normalized spacial score (nSPS) is 13.8. The molecule has 1 aliphatic heterocycles. The zero-order valence-corrected chi connectivity index (χ0v) is 22.6. The standard InChI is InChI=1S/C26H24Cl2N10O/c1-35-33-21(32-34-35)10-11-22(39)36-12-14-37(15-13-36)25-23-26(30-16-29-25)38(18-8-6-17(27)7-9-18)24(31-23)19-4-2-3-5-20(19)28/h2-9,16H,10-15H2,1H3. The first-order valence-electron chi connectivity index (χ1n) is 12.5. The molecule has 5 aromatic rings. The molecule has 198 valence electrons. The number of hydrogen-bond acceptors (Lipinski definition) is 8. The highest BCUT2D eigenvalue weighted by molar-refractivity contribution is 6.33. The quantitative estimate of drug-likeness (QED) is 0.308. The number of imidazole rings is 1. The maximum Gasteiger partial charge on any atom is 0.223 e. The summed E-state index contributed by atoms with van der Waals surface area (Å²) in [5.41, 5.74) is 2.96. The number of rotatable bonds is 6. The van der Waals surface area contributed by atoms with Crippen LogP contribution in [-0.2, 0) is 18.3 Å². The van der Waals surface area contributed by atoms with E-state index in [1.54, 1.807) is 13.4 Å². The fourth-order valence-electron chi connectivity index (χ4n) is 4.74. The molecule has 1 saturated heterocycles. The van der Waals surface area contributed by atoms with E-state index in [1.807, 2.05) is 58.0 Å². The van der Waals surface area contributed by atoms with Crippen LogP contribution >= 0.6 is 23.2 Å². The van der Waals surface area contributed by atoms with E-state index in [1.165, 1.54) is 4.80 Å². The first-order chi connectivity index (χ1) is 19.0. The number of fused-ring (bicyclic) bond motifs is 1. The number of piperazine rings is 1. The Labute approximate surface area is 234 Å². The Morgan fingerprint density at radius 3 is 2.46 bits per heavy atom. The zero-order chi connectivity index (χ0) is 26.9. The van der Waals surface area contributed by atoms with Crippen molar-refractivity contribution in [3.05, 3.63) is 70.7 Å². The number of amides is 1. The molecule has 4 heterocycles. The first kappa shape index (κ1) is 25.2. The summed E-state index contributed by atoms with van der Waals surface area (Å²) in [6.45, 7) is 2.40. The molecule has 0 aliphatic carbocycles. The maximum absolute atomic E-state index is 12.8. The molecule has 0 spiro atoms. The van der Waals surface area contributed by atoms with Gasteiger partial charge in [-0.2, -0.15) is 4.80 Å². The average molecular weight is 563 g/mol. The minimum Gasteiger partial charge on any atom is -0.351 e. The second-order valence-electron chi connectivity index (χ2n) is 9.16. The summed E-state index contributed by atoms with van der Waals surface area (Å²) in [6.07, 6.45) is 2.36. The van der Waals surface area contributed by atoms with E-state index in [0.717, 1.165) is 17.1 Å². The van der Waals surface area contributed by atoms with Crippen LogP contribution in [-0.4, -0.2) is 76.7 Å². The number of benzene rings is 2. The van der Waals surface area contributed by atoms with Gasteiger partial charge in [0, 0.05) is 55.3 Å². The summed E-state index contributed by atoms with van der Waals surface area (Å²) in [7, 11) is 1.71. The fourth-order valence-corrected chi connectivity index (χ4v) is 5.08. The number of aromatic nitrogens is 8. The van der Waals surface area contributed by atoms with Crippen molar-refractivity contribution in [1.29, 1.82) is 0 Å². The highest BCUT2D eigenvalue weighted by Crippen LogP contribution is 2.35. The third-order valence-corrected chi connectivity index (χ3v) is 7.25. The molecule has 0 bridgehead atoms. The topological polar surface area (TPSA) is 111 Å². The monoisotopic (exact) mass is 562 g/mol. The van der Waals surface area contributed by atoms with Crippen LogP contribution in [0.3, 0.4) is 0 Å². The van der Waals surface area contributed by atoms with Gasteiger partial charge >= 0.3 is 0 Å². The smallest absolute Gasteiger partial charge is 0.223 e. The Bertz CT molecular complexity index is 1640. The van der Waals surface area contributed by atoms with Gasteiger partial charge in [-0.05, 0) is 41.6 Å². The van der Waals surface area contributed by atoms with Crippen LogP contribution in [0.5, 0.6) is 0 Å². The fraction of sp³-hybridized carbons (Fsp3) is 0.269. The number of anilines is 1. The van der Waals surface area contributed by atoms with Crippen molar-refractivity contribution in [3.8, 4) is 17.1 Å². The second kappa shape index (κ2) is 10.6. The predicted molar refractivity (Wildman–Crippen MR) is 148 cm³/mol. The molecular weight excluding hydrogens is 539 g/mol. The lowest BCUT2D eigenvalue weighted by Gasteiger charge is -2.35. The molecule has 2 aromatic carbocycles. The molecule has 0 unspecified atom stereocenters. The van der Waals surface area contributed by atoms with Crippen LogP contribution in [0, 0.1) is 0 Å². The van der Waals surface area contributed by atoms with Crippen molar-refractivity contribution in [2.45, 2.75) is 12.8 Å². The molecule has 0 N–H and O–H groups in total. The largest absolute Gasteiger partial charge is 0.351 e. The lowest BCUT2D eigenvalue weighted by molar-refractivity contribution is -0.131. The lowest BCUT2D eigenvalue weighted by Crippen LogP contribution is -2.49. The van der Waals surface area contributed by atoms with Gasteiger partial charge in [-0.25, -0.2) is 15.0 Å². The van der Waals surface area contributed by atoms with Gasteiger partial charge in [-0.1, -0.05) is 35.3 Å². The van der Waals surface area contributed by atoms with Crippen molar-refractivity contribution >= 4 is 46.1 Å². The van der Waals surface area contributed by atoms with E-state index >= 15 is 0 Å². The Morgan fingerprint density at radius 1 is 0.974 bits per heavy atom. The van der Waals surface area contributed by atoms with E-state index in [-0.39, 0.29) is 5.91 Å². The minimum atomic E-state index is 0.0722. The maximum atomic E-state index is 12.8. The van der Waals surface area contributed by atoms with Gasteiger partial charge in [-0.3, -0.25) is 9.36 Å². The number of carbonyl (C=O) groups is 1. The number of carbonyl (C=O) groups excluding carboxylic acids is 1. The highest BCUT2D eigenvalue weighted by atomic mass is 35.5. The Morgan fingerprint density at radius 2 is 1.74 bits per heavy atom. The summed E-state index contributed by atoms with van der Waals surface area (Å²) in [6, 6.07) is 15.1. The molecule has 1 aliphatic rings. The third-order valence-electron chi connectivity index (χ3n) is 6.67. The van der Waals surface area contributed by atoms with Gasteiger partial charge in [0.05, 0.1) is 12.1 Å². The van der Waals surface area contributed by atoms with Crippen molar-refractivity contribution in [2.75, 3.05) is 31.1 Å². The van der Waals surface area contributed by atoms with Crippen LogP contribution in [0.15, 0.2) is 54.9 Å². The van der Waals surface area contributed by atoms with Crippen LogP contribution < -0.4 is 4.90 Å². The molecule has 13 heteroatoms.